The van der Waals surface area contributed by atoms with E-state index in [4.69, 9.17) is 0 Å². The average molecular weight is 232 g/mol. The molecule has 0 radical (unpaired) electrons. The van der Waals surface area contributed by atoms with Gasteiger partial charge in [-0.3, -0.25) is 4.79 Å². The summed E-state index contributed by atoms with van der Waals surface area (Å²) in [6.07, 6.45) is 0. The second-order valence-electron chi connectivity index (χ2n) is 3.59. The Morgan fingerprint density at radius 3 is 2.81 bits per heavy atom. The summed E-state index contributed by atoms with van der Waals surface area (Å²) in [6, 6.07) is 7.73. The summed E-state index contributed by atoms with van der Waals surface area (Å²) in [6.45, 7) is 3.83. The summed E-state index contributed by atoms with van der Waals surface area (Å²) >= 11 is 1.36. The molecule has 0 aliphatic heterocycles. The highest BCUT2D eigenvalue weighted by molar-refractivity contribution is 7.12. The number of amides is 1. The first-order valence-electron chi connectivity index (χ1n) is 4.95. The molecule has 0 aliphatic carbocycles. The molecule has 2 rings (SSSR count). The van der Waals surface area contributed by atoms with E-state index in [-0.39, 0.29) is 5.91 Å². The molecule has 0 aliphatic rings. The molecule has 1 heterocycles. The second-order valence-corrected chi connectivity index (χ2v) is 4.45. The van der Waals surface area contributed by atoms with Gasteiger partial charge in [-0.1, -0.05) is 12.1 Å². The number of nitrogens with one attached hydrogen (secondary N) is 1. The molecular weight excluding hydrogens is 220 g/mol. The number of carbonyl (C=O) groups is 1. The van der Waals surface area contributed by atoms with Crippen molar-refractivity contribution < 1.29 is 4.79 Å². The molecule has 1 aromatic carbocycles. The van der Waals surface area contributed by atoms with E-state index < -0.39 is 0 Å². The topological polar surface area (TPSA) is 42.0 Å². The van der Waals surface area contributed by atoms with Gasteiger partial charge in [-0.2, -0.15) is 0 Å². The lowest BCUT2D eigenvalue weighted by molar-refractivity contribution is 0.103. The van der Waals surface area contributed by atoms with Crippen LogP contribution in [0.3, 0.4) is 0 Å². The monoisotopic (exact) mass is 232 g/mol. The fourth-order valence-corrected chi connectivity index (χ4v) is 2.13. The highest BCUT2D eigenvalue weighted by Gasteiger charge is 2.11. The van der Waals surface area contributed by atoms with Gasteiger partial charge < -0.3 is 5.32 Å². The van der Waals surface area contributed by atoms with Crippen LogP contribution in [0.4, 0.5) is 5.69 Å². The maximum Gasteiger partial charge on any atom is 0.267 e. The zero-order chi connectivity index (χ0) is 11.5. The van der Waals surface area contributed by atoms with Crippen molar-refractivity contribution in [1.29, 1.82) is 0 Å². The molecule has 2 aromatic rings. The van der Waals surface area contributed by atoms with Crippen molar-refractivity contribution in [3.05, 3.63) is 45.9 Å². The van der Waals surface area contributed by atoms with Gasteiger partial charge in [0.15, 0.2) is 0 Å². The van der Waals surface area contributed by atoms with E-state index in [1.807, 2.05) is 38.1 Å². The Labute approximate surface area is 98.2 Å². The number of carbonyl (C=O) groups excluding carboxylic acids is 1. The van der Waals surface area contributed by atoms with Crippen LogP contribution in [0.15, 0.2) is 29.8 Å². The van der Waals surface area contributed by atoms with E-state index in [1.165, 1.54) is 11.3 Å². The van der Waals surface area contributed by atoms with Crippen molar-refractivity contribution in [1.82, 2.24) is 4.98 Å². The molecule has 4 heteroatoms. The van der Waals surface area contributed by atoms with Crippen LogP contribution in [0.5, 0.6) is 0 Å². The molecule has 0 fully saturated rings. The number of aryl methyl sites for hydroxylation is 2. The van der Waals surface area contributed by atoms with E-state index >= 15 is 0 Å². The Morgan fingerprint density at radius 2 is 2.19 bits per heavy atom. The Balaban J connectivity index is 2.17. The number of hydrogen-bond acceptors (Lipinski definition) is 3. The lowest BCUT2D eigenvalue weighted by Gasteiger charge is -2.04. The molecule has 0 bridgehead atoms. The van der Waals surface area contributed by atoms with Crippen LogP contribution >= 0.6 is 11.3 Å². The first-order valence-corrected chi connectivity index (χ1v) is 5.83. The van der Waals surface area contributed by atoms with E-state index in [2.05, 4.69) is 10.3 Å². The number of thiazole rings is 1. The standard InChI is InChI=1S/C12H12N2OS/c1-8-4-3-5-10(6-8)14-12(15)11-9(2)13-7-16-11/h3-7H,1-2H3,(H,14,15). The predicted octanol–water partition coefficient (Wildman–Crippen LogP) is 3.01. The molecule has 1 N–H and O–H groups in total. The number of benzene rings is 1. The Kier molecular flexibility index (Phi) is 3.01. The quantitative estimate of drug-likeness (QED) is 0.864. The zero-order valence-corrected chi connectivity index (χ0v) is 9.97. The summed E-state index contributed by atoms with van der Waals surface area (Å²) in [7, 11) is 0. The van der Waals surface area contributed by atoms with E-state index in [1.54, 1.807) is 5.51 Å². The molecule has 0 atom stereocenters. The molecule has 0 saturated heterocycles. The number of anilines is 1. The van der Waals surface area contributed by atoms with Gasteiger partial charge in [0.05, 0.1) is 11.2 Å². The van der Waals surface area contributed by atoms with Crippen LogP contribution in [0, 0.1) is 13.8 Å². The smallest absolute Gasteiger partial charge is 0.267 e. The lowest BCUT2D eigenvalue weighted by Crippen LogP contribution is -2.11. The fourth-order valence-electron chi connectivity index (χ4n) is 1.43. The molecule has 0 unspecified atom stereocenters. The largest absolute Gasteiger partial charge is 0.321 e. The van der Waals surface area contributed by atoms with Crippen molar-refractivity contribution in [3.8, 4) is 0 Å². The number of hydrogen-bond donors (Lipinski definition) is 1. The van der Waals surface area contributed by atoms with Crippen molar-refractivity contribution in [2.75, 3.05) is 5.32 Å². The molecule has 82 valence electrons. The molecule has 3 nitrogen and oxygen atoms in total. The molecular formula is C12H12N2OS. The Bertz CT molecular complexity index is 519. The number of aromatic nitrogens is 1. The van der Waals surface area contributed by atoms with Crippen LogP contribution in [0.2, 0.25) is 0 Å². The van der Waals surface area contributed by atoms with Gasteiger partial charge in [0.25, 0.3) is 5.91 Å². The number of rotatable bonds is 2. The van der Waals surface area contributed by atoms with Gasteiger partial charge in [-0.25, -0.2) is 4.98 Å². The second kappa shape index (κ2) is 4.45. The van der Waals surface area contributed by atoms with E-state index in [0.29, 0.717) is 4.88 Å². The average Bonchev–Trinajstić information content (AvgIpc) is 2.64. The molecule has 0 spiro atoms. The van der Waals surface area contributed by atoms with Gasteiger partial charge in [0.2, 0.25) is 0 Å². The van der Waals surface area contributed by atoms with Gasteiger partial charge >= 0.3 is 0 Å². The maximum absolute atomic E-state index is 11.9. The summed E-state index contributed by atoms with van der Waals surface area (Å²) in [5.74, 6) is -0.0920. The first kappa shape index (κ1) is 10.8. The Morgan fingerprint density at radius 1 is 1.38 bits per heavy atom. The third kappa shape index (κ3) is 2.28. The Hall–Kier alpha value is -1.68. The summed E-state index contributed by atoms with van der Waals surface area (Å²) < 4.78 is 0. The summed E-state index contributed by atoms with van der Waals surface area (Å²) in [5.41, 5.74) is 4.40. The summed E-state index contributed by atoms with van der Waals surface area (Å²) in [4.78, 5) is 16.6. The molecule has 1 amide bonds. The summed E-state index contributed by atoms with van der Waals surface area (Å²) in [5, 5.41) is 2.86. The van der Waals surface area contributed by atoms with Crippen LogP contribution in [0.1, 0.15) is 20.9 Å². The first-order chi connectivity index (χ1) is 7.66. The normalized spacial score (nSPS) is 10.1. The number of nitrogens with zero attached hydrogens (tertiary/aromatic N) is 1. The highest BCUT2D eigenvalue weighted by Crippen LogP contribution is 2.16. The SMILES string of the molecule is Cc1cccc(NC(=O)c2scnc2C)c1. The molecule has 16 heavy (non-hydrogen) atoms. The van der Waals surface area contributed by atoms with E-state index in [0.717, 1.165) is 16.9 Å². The third-order valence-electron chi connectivity index (χ3n) is 2.23. The minimum absolute atomic E-state index is 0.0920. The van der Waals surface area contributed by atoms with Gasteiger partial charge in [0.1, 0.15) is 4.88 Å². The molecule has 0 saturated carbocycles. The van der Waals surface area contributed by atoms with Gasteiger partial charge in [-0.05, 0) is 31.5 Å². The van der Waals surface area contributed by atoms with Crippen molar-refractivity contribution in [3.63, 3.8) is 0 Å². The fraction of sp³-hybridized carbons (Fsp3) is 0.167. The highest BCUT2D eigenvalue weighted by atomic mass is 32.1. The van der Waals surface area contributed by atoms with Crippen molar-refractivity contribution >= 4 is 22.9 Å². The third-order valence-corrected chi connectivity index (χ3v) is 3.16. The van der Waals surface area contributed by atoms with Crippen LogP contribution < -0.4 is 5.32 Å². The van der Waals surface area contributed by atoms with Crippen LogP contribution in [0.25, 0.3) is 0 Å². The lowest BCUT2D eigenvalue weighted by atomic mass is 10.2. The van der Waals surface area contributed by atoms with Crippen molar-refractivity contribution in [2.24, 2.45) is 0 Å². The molecule has 1 aromatic heterocycles. The predicted molar refractivity (Wildman–Crippen MR) is 66.0 cm³/mol. The van der Waals surface area contributed by atoms with Crippen LogP contribution in [-0.4, -0.2) is 10.9 Å². The van der Waals surface area contributed by atoms with E-state index in [9.17, 15) is 4.79 Å². The van der Waals surface area contributed by atoms with Crippen LogP contribution in [-0.2, 0) is 0 Å². The van der Waals surface area contributed by atoms with Crippen molar-refractivity contribution in [2.45, 2.75) is 13.8 Å². The minimum atomic E-state index is -0.0920. The van der Waals surface area contributed by atoms with Gasteiger partial charge in [0, 0.05) is 5.69 Å². The zero-order valence-electron chi connectivity index (χ0n) is 9.15. The minimum Gasteiger partial charge on any atom is -0.321 e. The van der Waals surface area contributed by atoms with Gasteiger partial charge in [-0.15, -0.1) is 11.3 Å². The maximum atomic E-state index is 11.9.